The number of aliphatic carboxylic acids is 1. The van der Waals surface area contributed by atoms with Crippen molar-refractivity contribution in [3.63, 3.8) is 0 Å². The zero-order chi connectivity index (χ0) is 17.0. The van der Waals surface area contributed by atoms with E-state index in [0.717, 1.165) is 5.56 Å². The third kappa shape index (κ3) is 3.90. The van der Waals surface area contributed by atoms with Gasteiger partial charge in [-0.05, 0) is 42.7 Å². The number of anilines is 1. The van der Waals surface area contributed by atoms with Crippen LogP contribution in [0.2, 0.25) is 0 Å². The smallest absolute Gasteiger partial charge is 0.310 e. The third-order valence-corrected chi connectivity index (χ3v) is 5.16. The molecule has 2 rings (SSSR count). The van der Waals surface area contributed by atoms with Crippen molar-refractivity contribution < 1.29 is 18.3 Å². The topological polar surface area (TPSA) is 83.5 Å². The van der Waals surface area contributed by atoms with Crippen molar-refractivity contribution in [1.82, 2.24) is 0 Å². The molecular weight excluding hydrogens is 314 g/mol. The molecule has 23 heavy (non-hydrogen) atoms. The fourth-order valence-electron chi connectivity index (χ4n) is 2.25. The van der Waals surface area contributed by atoms with Gasteiger partial charge in [-0.1, -0.05) is 37.3 Å². The van der Waals surface area contributed by atoms with Crippen LogP contribution in [-0.4, -0.2) is 19.5 Å². The number of sulfonamides is 1. The zero-order valence-corrected chi connectivity index (χ0v) is 13.8. The highest BCUT2D eigenvalue weighted by molar-refractivity contribution is 7.92. The van der Waals surface area contributed by atoms with Crippen molar-refractivity contribution >= 4 is 21.7 Å². The number of carboxylic acids is 1. The number of carboxylic acid groups (broad SMARTS) is 1. The number of benzene rings is 2. The summed E-state index contributed by atoms with van der Waals surface area (Å²) >= 11 is 0. The number of nitrogens with one attached hydrogen (secondary N) is 1. The van der Waals surface area contributed by atoms with Gasteiger partial charge in [0.05, 0.1) is 10.8 Å². The molecule has 2 aromatic rings. The maximum Gasteiger partial charge on any atom is 0.310 e. The maximum absolute atomic E-state index is 12.5. The molecule has 0 saturated carbocycles. The Bertz CT molecular complexity index is 798. The summed E-state index contributed by atoms with van der Waals surface area (Å²) in [6, 6.07) is 13.2. The Morgan fingerprint density at radius 2 is 1.74 bits per heavy atom. The molecule has 0 heterocycles. The standard InChI is InChI=1S/C17H19NO4S/c1-3-13-6-4-5-7-16(13)23(21,22)18-15-10-8-14(9-11-15)12(2)17(19)20/h4-12,18H,3H2,1-2H3,(H,19,20). The second-order valence-corrected chi connectivity index (χ2v) is 6.90. The third-order valence-electron chi connectivity index (χ3n) is 3.68. The molecule has 1 atom stereocenters. The number of aryl methyl sites for hydroxylation is 1. The minimum Gasteiger partial charge on any atom is -0.481 e. The van der Waals surface area contributed by atoms with E-state index in [-0.39, 0.29) is 4.90 Å². The SMILES string of the molecule is CCc1ccccc1S(=O)(=O)Nc1ccc(C(C)C(=O)O)cc1. The van der Waals surface area contributed by atoms with E-state index in [4.69, 9.17) is 5.11 Å². The van der Waals surface area contributed by atoms with Gasteiger partial charge in [0.25, 0.3) is 10.0 Å². The summed E-state index contributed by atoms with van der Waals surface area (Å²) in [5, 5.41) is 8.99. The van der Waals surface area contributed by atoms with Gasteiger partial charge in [0.2, 0.25) is 0 Å². The molecule has 1 unspecified atom stereocenters. The number of rotatable bonds is 6. The zero-order valence-electron chi connectivity index (χ0n) is 13.0. The number of hydrogen-bond donors (Lipinski definition) is 2. The molecule has 0 bridgehead atoms. The average molecular weight is 333 g/mol. The van der Waals surface area contributed by atoms with Crippen LogP contribution in [0.5, 0.6) is 0 Å². The fourth-order valence-corrected chi connectivity index (χ4v) is 3.62. The van der Waals surface area contributed by atoms with Gasteiger partial charge in [-0.3, -0.25) is 9.52 Å². The van der Waals surface area contributed by atoms with Gasteiger partial charge < -0.3 is 5.11 Å². The average Bonchev–Trinajstić information content (AvgIpc) is 2.54. The van der Waals surface area contributed by atoms with Crippen LogP contribution in [0.4, 0.5) is 5.69 Å². The summed E-state index contributed by atoms with van der Waals surface area (Å²) < 4.78 is 27.5. The minimum absolute atomic E-state index is 0.255. The van der Waals surface area contributed by atoms with Crippen LogP contribution in [0.15, 0.2) is 53.4 Å². The molecule has 0 radical (unpaired) electrons. The lowest BCUT2D eigenvalue weighted by molar-refractivity contribution is -0.138. The molecule has 0 aliphatic rings. The van der Waals surface area contributed by atoms with Crippen molar-refractivity contribution in [2.24, 2.45) is 0 Å². The van der Waals surface area contributed by atoms with Crippen molar-refractivity contribution in [2.45, 2.75) is 31.1 Å². The molecule has 0 saturated heterocycles. The van der Waals surface area contributed by atoms with E-state index >= 15 is 0 Å². The minimum atomic E-state index is -3.67. The van der Waals surface area contributed by atoms with Crippen molar-refractivity contribution in [3.8, 4) is 0 Å². The predicted octanol–water partition coefficient (Wildman–Crippen LogP) is 3.24. The van der Waals surface area contributed by atoms with Crippen LogP contribution >= 0.6 is 0 Å². The Labute approximate surface area is 136 Å². The Morgan fingerprint density at radius 1 is 1.13 bits per heavy atom. The van der Waals surface area contributed by atoms with Gasteiger partial charge in [-0.15, -0.1) is 0 Å². The molecule has 0 aromatic heterocycles. The van der Waals surface area contributed by atoms with Crippen LogP contribution in [0.1, 0.15) is 30.9 Å². The number of hydrogen-bond acceptors (Lipinski definition) is 3. The molecule has 0 amide bonds. The summed E-state index contributed by atoms with van der Waals surface area (Å²) in [4.78, 5) is 11.2. The van der Waals surface area contributed by atoms with Gasteiger partial charge in [-0.2, -0.15) is 0 Å². The molecular formula is C17H19NO4S. The first kappa shape index (κ1) is 17.0. The largest absolute Gasteiger partial charge is 0.481 e. The Kier molecular flexibility index (Phi) is 5.05. The van der Waals surface area contributed by atoms with E-state index < -0.39 is 21.9 Å². The van der Waals surface area contributed by atoms with Crippen LogP contribution in [0, 0.1) is 0 Å². The molecule has 0 spiro atoms. The van der Waals surface area contributed by atoms with Gasteiger partial charge in [0, 0.05) is 5.69 Å². The Hall–Kier alpha value is -2.34. The summed E-state index contributed by atoms with van der Waals surface area (Å²) in [6.45, 7) is 3.48. The van der Waals surface area contributed by atoms with Gasteiger partial charge in [0.1, 0.15) is 0 Å². The highest BCUT2D eigenvalue weighted by atomic mass is 32.2. The lowest BCUT2D eigenvalue weighted by Gasteiger charge is -2.12. The van der Waals surface area contributed by atoms with E-state index in [9.17, 15) is 13.2 Å². The highest BCUT2D eigenvalue weighted by Gasteiger charge is 2.18. The first-order chi connectivity index (χ1) is 10.8. The van der Waals surface area contributed by atoms with Gasteiger partial charge >= 0.3 is 5.97 Å². The van der Waals surface area contributed by atoms with Crippen LogP contribution in [0.25, 0.3) is 0 Å². The molecule has 5 nitrogen and oxygen atoms in total. The first-order valence-electron chi connectivity index (χ1n) is 7.28. The molecule has 0 aliphatic heterocycles. The van der Waals surface area contributed by atoms with Gasteiger partial charge in [0.15, 0.2) is 0 Å². The quantitative estimate of drug-likeness (QED) is 0.850. The monoisotopic (exact) mass is 333 g/mol. The second kappa shape index (κ2) is 6.83. The normalized spacial score (nSPS) is 12.6. The molecule has 6 heteroatoms. The molecule has 0 aliphatic carbocycles. The van der Waals surface area contributed by atoms with E-state index in [1.54, 1.807) is 55.5 Å². The summed E-state index contributed by atoms with van der Waals surface area (Å²) in [5.41, 5.74) is 1.77. The van der Waals surface area contributed by atoms with Crippen molar-refractivity contribution in [3.05, 3.63) is 59.7 Å². The molecule has 122 valence electrons. The second-order valence-electron chi connectivity index (χ2n) is 5.25. The van der Waals surface area contributed by atoms with Crippen molar-refractivity contribution in [2.75, 3.05) is 4.72 Å². The lowest BCUT2D eigenvalue weighted by Crippen LogP contribution is -2.15. The van der Waals surface area contributed by atoms with Crippen LogP contribution in [-0.2, 0) is 21.2 Å². The predicted molar refractivity (Wildman–Crippen MR) is 89.1 cm³/mol. The van der Waals surface area contributed by atoms with E-state index in [1.807, 2.05) is 6.92 Å². The summed E-state index contributed by atoms with van der Waals surface area (Å²) in [7, 11) is -3.67. The van der Waals surface area contributed by atoms with E-state index in [1.165, 1.54) is 0 Å². The van der Waals surface area contributed by atoms with Gasteiger partial charge in [-0.25, -0.2) is 8.42 Å². The van der Waals surface area contributed by atoms with E-state index in [0.29, 0.717) is 17.7 Å². The summed E-state index contributed by atoms with van der Waals surface area (Å²) in [5.74, 6) is -1.56. The molecule has 0 fully saturated rings. The first-order valence-corrected chi connectivity index (χ1v) is 8.77. The molecule has 2 N–H and O–H groups in total. The molecule has 2 aromatic carbocycles. The number of carbonyl (C=O) groups is 1. The lowest BCUT2D eigenvalue weighted by atomic mass is 10.0. The van der Waals surface area contributed by atoms with Crippen LogP contribution in [0.3, 0.4) is 0 Å². The highest BCUT2D eigenvalue weighted by Crippen LogP contribution is 2.22. The Balaban J connectivity index is 2.26. The Morgan fingerprint density at radius 3 is 2.30 bits per heavy atom. The van der Waals surface area contributed by atoms with Crippen LogP contribution < -0.4 is 4.72 Å². The van der Waals surface area contributed by atoms with Crippen molar-refractivity contribution in [1.29, 1.82) is 0 Å². The van der Waals surface area contributed by atoms with E-state index in [2.05, 4.69) is 4.72 Å². The maximum atomic E-state index is 12.5. The fraction of sp³-hybridized carbons (Fsp3) is 0.235. The summed E-state index contributed by atoms with van der Waals surface area (Å²) in [6.07, 6.45) is 0.617.